The van der Waals surface area contributed by atoms with Gasteiger partial charge < -0.3 is 10.6 Å². The number of hydrogen-bond acceptors (Lipinski definition) is 2. The van der Waals surface area contributed by atoms with Gasteiger partial charge in [0.25, 0.3) is 0 Å². The third kappa shape index (κ3) is 12.5. The number of carboxylic acids is 1. The van der Waals surface area contributed by atoms with Crippen LogP contribution in [0.5, 0.6) is 0 Å². The van der Waals surface area contributed by atoms with E-state index in [0.29, 0.717) is 11.1 Å². The molecule has 4 N–H and O–H groups in total. The minimum absolute atomic E-state index is 0. The summed E-state index contributed by atoms with van der Waals surface area (Å²) in [6.45, 7) is 0.513. The summed E-state index contributed by atoms with van der Waals surface area (Å²) in [5, 5.41) is 8.26. The molecule has 11 heavy (non-hydrogen) atoms. The van der Waals surface area contributed by atoms with Gasteiger partial charge in [0.1, 0.15) is 0 Å². The molecular weight excluding hydrogens is 148 g/mol. The van der Waals surface area contributed by atoms with E-state index in [1.165, 1.54) is 0 Å². The van der Waals surface area contributed by atoms with Crippen LogP contribution in [0.4, 0.5) is 0 Å². The van der Waals surface area contributed by atoms with Crippen LogP contribution < -0.4 is 5.43 Å². The molecule has 5 nitrogen and oxygen atoms in total. The van der Waals surface area contributed by atoms with E-state index in [1.54, 1.807) is 0 Å². The quantitative estimate of drug-likeness (QED) is 0.407. The van der Waals surface area contributed by atoms with Crippen LogP contribution in [0.3, 0.4) is 0 Å². The summed E-state index contributed by atoms with van der Waals surface area (Å²) in [5.74, 6) is -0.763. The maximum absolute atomic E-state index is 10.0. The number of aliphatic carboxylic acids is 1. The Hall–Kier alpha value is -0.650. The molecule has 0 atom stereocenters. The zero-order chi connectivity index (χ0) is 8.20. The lowest BCUT2D eigenvalue weighted by atomic mass is 10.4. The molecule has 0 aliphatic rings. The van der Waals surface area contributed by atoms with Crippen molar-refractivity contribution in [1.82, 2.24) is 5.43 Å². The molecule has 0 aliphatic carbocycles. The average molecular weight is 165 g/mol. The van der Waals surface area contributed by atoms with Crippen LogP contribution in [0, 0.1) is 0 Å². The van der Waals surface area contributed by atoms with Crippen LogP contribution in [0.15, 0.2) is 0 Å². The predicted octanol–water partition coefficient (Wildman–Crippen LogP) is -1.15. The van der Waals surface area contributed by atoms with E-state index in [-0.39, 0.29) is 11.9 Å². The Morgan fingerprint density at radius 2 is 1.91 bits per heavy atom. The molecule has 0 amide bonds. The van der Waals surface area contributed by atoms with Crippen molar-refractivity contribution in [2.75, 3.05) is 27.7 Å². The van der Waals surface area contributed by atoms with Crippen molar-refractivity contribution in [3.63, 3.8) is 0 Å². The van der Waals surface area contributed by atoms with Gasteiger partial charge in [0.2, 0.25) is 0 Å². The second kappa shape index (κ2) is 5.06. The fourth-order valence-corrected chi connectivity index (χ4v) is 0.498. The van der Waals surface area contributed by atoms with Crippen LogP contribution >= 0.6 is 0 Å². The lowest BCUT2D eigenvalue weighted by Gasteiger charge is -2.23. The van der Waals surface area contributed by atoms with Crippen molar-refractivity contribution in [3.05, 3.63) is 0 Å². The standard InChI is InChI=1S/C6H14N2O2.H2O/c1-8(2,3)7-5-4-6(9)10;/h7H,4-5H2,1-3H3;1H2/p+1. The summed E-state index contributed by atoms with van der Waals surface area (Å²) >= 11 is 0. The van der Waals surface area contributed by atoms with E-state index >= 15 is 0 Å². The Labute approximate surface area is 66.5 Å². The normalized spacial score (nSPS) is 10.5. The number of quaternary nitrogens is 1. The van der Waals surface area contributed by atoms with Gasteiger partial charge in [-0.05, 0) is 0 Å². The van der Waals surface area contributed by atoms with Gasteiger partial charge in [-0.1, -0.05) is 0 Å². The van der Waals surface area contributed by atoms with Gasteiger partial charge in [0.05, 0.1) is 34.1 Å². The van der Waals surface area contributed by atoms with Crippen molar-refractivity contribution < 1.29 is 20.0 Å². The first-order valence-electron chi connectivity index (χ1n) is 3.20. The molecule has 0 saturated heterocycles. The maximum atomic E-state index is 10.0. The SMILES string of the molecule is C[N+](C)(C)NCCC(=O)O.O. The number of carboxylic acid groups (broad SMARTS) is 1. The average Bonchev–Trinajstić information content (AvgIpc) is 1.59. The molecule has 0 rings (SSSR count). The third-order valence-electron chi connectivity index (χ3n) is 0.925. The second-order valence-corrected chi connectivity index (χ2v) is 3.06. The summed E-state index contributed by atoms with van der Waals surface area (Å²) in [4.78, 5) is 10.0. The molecule has 0 radical (unpaired) electrons. The molecule has 0 aromatic rings. The second-order valence-electron chi connectivity index (χ2n) is 3.06. The van der Waals surface area contributed by atoms with E-state index in [9.17, 15) is 4.79 Å². The molecule has 0 aliphatic heterocycles. The monoisotopic (exact) mass is 165 g/mol. The highest BCUT2D eigenvalue weighted by molar-refractivity contribution is 5.66. The molecule has 68 valence electrons. The highest BCUT2D eigenvalue weighted by Crippen LogP contribution is 1.82. The molecule has 0 aromatic carbocycles. The number of carbonyl (C=O) groups is 1. The summed E-state index contributed by atoms with van der Waals surface area (Å²) in [7, 11) is 5.84. The van der Waals surface area contributed by atoms with Gasteiger partial charge in [-0.3, -0.25) is 9.39 Å². The van der Waals surface area contributed by atoms with Gasteiger partial charge in [-0.25, -0.2) is 0 Å². The number of nitrogens with zero attached hydrogens (tertiary/aromatic N) is 1. The highest BCUT2D eigenvalue weighted by Gasteiger charge is 2.05. The van der Waals surface area contributed by atoms with E-state index in [1.807, 2.05) is 21.1 Å². The predicted molar refractivity (Wildman–Crippen MR) is 41.9 cm³/mol. The van der Waals surface area contributed by atoms with E-state index in [4.69, 9.17) is 5.11 Å². The minimum Gasteiger partial charge on any atom is -0.481 e. The van der Waals surface area contributed by atoms with Gasteiger partial charge in [0.15, 0.2) is 0 Å². The Kier molecular flexibility index (Phi) is 5.97. The number of hydrogen-bond donors (Lipinski definition) is 2. The third-order valence-corrected chi connectivity index (χ3v) is 0.925. The Balaban J connectivity index is 0. The molecule has 5 heteroatoms. The smallest absolute Gasteiger partial charge is 0.304 e. The minimum atomic E-state index is -0.763. The maximum Gasteiger partial charge on any atom is 0.304 e. The van der Waals surface area contributed by atoms with Crippen molar-refractivity contribution in [1.29, 1.82) is 0 Å². The van der Waals surface area contributed by atoms with Crippen LogP contribution in [0.25, 0.3) is 0 Å². The van der Waals surface area contributed by atoms with E-state index in [2.05, 4.69) is 5.43 Å². The van der Waals surface area contributed by atoms with Crippen LogP contribution in [-0.2, 0) is 4.79 Å². The Morgan fingerprint density at radius 3 is 2.18 bits per heavy atom. The molecule has 0 spiro atoms. The Bertz CT molecular complexity index is 119. The molecular formula is C6H17N2O3+. The number of nitrogens with one attached hydrogen (secondary N) is 1. The summed E-state index contributed by atoms with van der Waals surface area (Å²) in [6, 6.07) is 0. The fourth-order valence-electron chi connectivity index (χ4n) is 0.498. The van der Waals surface area contributed by atoms with Crippen molar-refractivity contribution >= 4 is 5.97 Å². The number of rotatable bonds is 4. The first-order valence-corrected chi connectivity index (χ1v) is 3.20. The zero-order valence-corrected chi connectivity index (χ0v) is 7.22. The summed E-state index contributed by atoms with van der Waals surface area (Å²) in [5.41, 5.74) is 3.01. The zero-order valence-electron chi connectivity index (χ0n) is 7.22. The van der Waals surface area contributed by atoms with Gasteiger partial charge in [-0.2, -0.15) is 5.43 Å². The topological polar surface area (TPSA) is 80.8 Å². The van der Waals surface area contributed by atoms with Crippen LogP contribution in [-0.4, -0.2) is 48.8 Å². The van der Waals surface area contributed by atoms with Gasteiger partial charge in [0, 0.05) is 0 Å². The molecule has 0 unspecified atom stereocenters. The van der Waals surface area contributed by atoms with Gasteiger partial charge in [-0.15, -0.1) is 0 Å². The molecule has 0 bridgehead atoms. The lowest BCUT2D eigenvalue weighted by molar-refractivity contribution is -0.915. The van der Waals surface area contributed by atoms with Crippen LogP contribution in [0.2, 0.25) is 0 Å². The van der Waals surface area contributed by atoms with Crippen molar-refractivity contribution in [2.45, 2.75) is 6.42 Å². The van der Waals surface area contributed by atoms with E-state index < -0.39 is 5.97 Å². The first-order chi connectivity index (χ1) is 4.42. The highest BCUT2D eigenvalue weighted by atomic mass is 16.4. The van der Waals surface area contributed by atoms with Crippen molar-refractivity contribution in [2.24, 2.45) is 0 Å². The molecule has 0 aromatic heterocycles. The summed E-state index contributed by atoms with van der Waals surface area (Å²) in [6.07, 6.45) is 0.176. The largest absolute Gasteiger partial charge is 0.481 e. The fraction of sp³-hybridized carbons (Fsp3) is 0.833. The summed E-state index contributed by atoms with van der Waals surface area (Å²) < 4.78 is 0.591. The molecule has 0 saturated carbocycles. The molecule has 0 heterocycles. The van der Waals surface area contributed by atoms with Gasteiger partial charge >= 0.3 is 5.97 Å². The Morgan fingerprint density at radius 1 is 1.45 bits per heavy atom. The van der Waals surface area contributed by atoms with Crippen molar-refractivity contribution in [3.8, 4) is 0 Å². The van der Waals surface area contributed by atoms with E-state index in [0.717, 1.165) is 0 Å². The molecule has 0 fully saturated rings. The lowest BCUT2D eigenvalue weighted by Crippen LogP contribution is -2.48. The first kappa shape index (κ1) is 13.0. The van der Waals surface area contributed by atoms with Crippen LogP contribution in [0.1, 0.15) is 6.42 Å².